The van der Waals surface area contributed by atoms with Crippen molar-refractivity contribution in [2.24, 2.45) is 13.0 Å². The number of ether oxygens (including phenoxy) is 1. The molecule has 1 atom stereocenters. The smallest absolute Gasteiger partial charge is 0.410 e. The number of carbonyl (C=O) groups excluding carboxylic acids is 2. The first-order valence-electron chi connectivity index (χ1n) is 18.6. The van der Waals surface area contributed by atoms with Crippen LogP contribution < -0.4 is 5.32 Å². The summed E-state index contributed by atoms with van der Waals surface area (Å²) in [6.45, 7) is 12.8. The van der Waals surface area contributed by atoms with Gasteiger partial charge in [0.15, 0.2) is 0 Å². The quantitative estimate of drug-likeness (QED) is 0.125. The number of hydrogen-bond donors (Lipinski definition) is 1. The van der Waals surface area contributed by atoms with Gasteiger partial charge >= 0.3 is 11.5 Å². The van der Waals surface area contributed by atoms with Gasteiger partial charge in [-0.1, -0.05) is 109 Å². The zero-order valence-corrected chi connectivity index (χ0v) is 32.3. The molecule has 2 saturated heterocycles. The van der Waals surface area contributed by atoms with Crippen LogP contribution in [0.1, 0.15) is 59.4 Å². The molecule has 5 aromatic rings. The van der Waals surface area contributed by atoms with Crippen LogP contribution in [0.3, 0.4) is 0 Å². The van der Waals surface area contributed by atoms with Crippen LogP contribution in [-0.4, -0.2) is 61.4 Å². The number of benzene rings is 4. The first-order chi connectivity index (χ1) is 26.7. The molecule has 2 aliphatic rings. The van der Waals surface area contributed by atoms with Crippen molar-refractivity contribution in [1.29, 1.82) is 0 Å². The molecule has 0 saturated carbocycles. The second-order valence-corrected chi connectivity index (χ2v) is 15.7. The van der Waals surface area contributed by atoms with Crippen LogP contribution in [0.2, 0.25) is 0 Å². The topological polar surface area (TPSA) is 115 Å². The average Bonchev–Trinajstić information content (AvgIpc) is 3.63. The fraction of sp³-hybridized carbons (Fsp3) is 0.318. The number of hydrogen-bond acceptors (Lipinski definition) is 7. The van der Waals surface area contributed by atoms with Crippen molar-refractivity contribution in [3.05, 3.63) is 155 Å². The molecule has 11 heteroatoms. The lowest BCUT2D eigenvalue weighted by Gasteiger charge is -2.28. The number of aryl methyl sites for hydroxylation is 2. The van der Waals surface area contributed by atoms with Gasteiger partial charge < -0.3 is 24.3 Å². The van der Waals surface area contributed by atoms with E-state index in [1.54, 1.807) is 59.5 Å². The van der Waals surface area contributed by atoms with E-state index < -0.39 is 15.2 Å². The Morgan fingerprint density at radius 2 is 1.47 bits per heavy atom. The van der Waals surface area contributed by atoms with Gasteiger partial charge in [0.2, 0.25) is 0 Å². The SMILES string of the molecule is Cn1cnc(-c2ccccc2)c1C1CCNCC1.O=CC1CCN(C(=O)OCc2ccccc2)CC1.[C-]#[N+]C(c1ccccc1)S(=O)(=O)c1ccc(C)cc1. The lowest BCUT2D eigenvalue weighted by atomic mass is 9.91. The zero-order valence-electron chi connectivity index (χ0n) is 31.5. The Bertz CT molecular complexity index is 2090. The minimum Gasteiger partial charge on any atom is -0.445 e. The molecule has 0 aliphatic carbocycles. The van der Waals surface area contributed by atoms with Crippen molar-refractivity contribution in [1.82, 2.24) is 19.8 Å². The second kappa shape index (κ2) is 20.2. The van der Waals surface area contributed by atoms with E-state index in [0.29, 0.717) is 31.2 Å². The summed E-state index contributed by atoms with van der Waals surface area (Å²) < 4.78 is 32.4. The number of likely N-dealkylation sites (tertiary alicyclic amines) is 1. The number of nitrogens with zero attached hydrogens (tertiary/aromatic N) is 4. The van der Waals surface area contributed by atoms with Crippen LogP contribution in [0.5, 0.6) is 0 Å². The van der Waals surface area contributed by atoms with Gasteiger partial charge in [-0.15, -0.1) is 0 Å². The standard InChI is InChI=1S/C15H19N3.C15H13NO2S.C14H17NO3/c1-18-11-17-14(12-5-3-2-4-6-12)15(18)13-7-9-16-10-8-13;1-12-8-10-14(11-9-12)19(17,18)15(16-2)13-6-4-3-5-7-13;16-10-12-6-8-15(9-7-12)14(17)18-11-13-4-2-1-3-5-13/h2-6,11,13,16H,7-10H2,1H3;3-11,15H,1H3;1-5,10,12H,6-9,11H2. The van der Waals surface area contributed by atoms with Gasteiger partial charge in [-0.25, -0.2) is 24.8 Å². The highest BCUT2D eigenvalue weighted by Crippen LogP contribution is 2.33. The number of aldehydes is 1. The monoisotopic (exact) mass is 759 g/mol. The molecule has 0 radical (unpaired) electrons. The van der Waals surface area contributed by atoms with E-state index in [1.165, 1.54) is 24.1 Å². The van der Waals surface area contributed by atoms with E-state index in [4.69, 9.17) is 11.3 Å². The number of sulfone groups is 1. The largest absolute Gasteiger partial charge is 0.445 e. The molecular formula is C44H49N5O5S. The van der Waals surface area contributed by atoms with Crippen LogP contribution in [0.25, 0.3) is 16.1 Å². The van der Waals surface area contributed by atoms with Crippen LogP contribution in [0, 0.1) is 19.4 Å². The van der Waals surface area contributed by atoms with E-state index in [1.807, 2.05) is 43.6 Å². The highest BCUT2D eigenvalue weighted by atomic mass is 32.2. The Morgan fingerprint density at radius 1 is 0.891 bits per heavy atom. The molecule has 1 aromatic heterocycles. The molecule has 0 bridgehead atoms. The third-order valence-electron chi connectivity index (χ3n) is 9.80. The molecule has 0 spiro atoms. The molecule has 7 rings (SSSR count). The molecule has 4 aromatic carbocycles. The summed E-state index contributed by atoms with van der Waals surface area (Å²) in [7, 11) is -1.57. The van der Waals surface area contributed by atoms with E-state index in [2.05, 4.69) is 57.1 Å². The summed E-state index contributed by atoms with van der Waals surface area (Å²) in [5, 5.41) is 2.24. The summed E-state index contributed by atoms with van der Waals surface area (Å²) in [6, 6.07) is 35.3. The molecule has 3 heterocycles. The number of rotatable bonds is 8. The minimum absolute atomic E-state index is 0.100. The van der Waals surface area contributed by atoms with Gasteiger partial charge in [0, 0.05) is 43.2 Å². The van der Waals surface area contributed by atoms with Crippen LogP contribution in [0.15, 0.2) is 126 Å². The summed E-state index contributed by atoms with van der Waals surface area (Å²) in [5.41, 5.74) is 6.24. The Balaban J connectivity index is 0.000000158. The molecule has 1 amide bonds. The number of nitrogens with one attached hydrogen (secondary N) is 1. The normalized spacial score (nSPS) is 15.3. The number of imidazole rings is 1. The first-order valence-corrected chi connectivity index (χ1v) is 20.2. The van der Waals surface area contributed by atoms with Crippen molar-refractivity contribution >= 4 is 22.2 Å². The van der Waals surface area contributed by atoms with E-state index in [-0.39, 0.29) is 16.9 Å². The number of amides is 1. The molecule has 1 unspecified atom stereocenters. The maximum Gasteiger partial charge on any atom is 0.410 e. The Morgan fingerprint density at radius 3 is 2.05 bits per heavy atom. The van der Waals surface area contributed by atoms with E-state index in [0.717, 1.165) is 49.0 Å². The maximum absolute atomic E-state index is 12.5. The van der Waals surface area contributed by atoms with Crippen molar-refractivity contribution < 1.29 is 22.7 Å². The third kappa shape index (κ3) is 11.2. The highest BCUT2D eigenvalue weighted by Gasteiger charge is 2.34. The van der Waals surface area contributed by atoms with E-state index in [9.17, 15) is 18.0 Å². The lowest BCUT2D eigenvalue weighted by Crippen LogP contribution is -2.39. The number of piperidine rings is 2. The molecule has 286 valence electrons. The van der Waals surface area contributed by atoms with Gasteiger partial charge in [-0.3, -0.25) is 4.85 Å². The Hall–Kier alpha value is -5.57. The molecule has 2 aliphatic heterocycles. The summed E-state index contributed by atoms with van der Waals surface area (Å²) >= 11 is 0. The minimum atomic E-state index is -3.68. The third-order valence-corrected chi connectivity index (χ3v) is 11.7. The van der Waals surface area contributed by atoms with Gasteiger partial charge in [0.1, 0.15) is 12.9 Å². The average molecular weight is 760 g/mol. The fourth-order valence-electron chi connectivity index (χ4n) is 6.66. The number of aromatic nitrogens is 2. The zero-order chi connectivity index (χ0) is 39.0. The van der Waals surface area contributed by atoms with E-state index >= 15 is 0 Å². The molecule has 1 N–H and O–H groups in total. The molecule has 10 nitrogen and oxygen atoms in total. The lowest BCUT2D eigenvalue weighted by molar-refractivity contribution is -0.112. The predicted molar refractivity (Wildman–Crippen MR) is 215 cm³/mol. The van der Waals surface area contributed by atoms with Crippen molar-refractivity contribution in [2.75, 3.05) is 26.2 Å². The predicted octanol–water partition coefficient (Wildman–Crippen LogP) is 8.18. The highest BCUT2D eigenvalue weighted by molar-refractivity contribution is 7.91. The van der Waals surface area contributed by atoms with Crippen LogP contribution >= 0.6 is 0 Å². The Labute approximate surface area is 324 Å². The fourth-order valence-corrected chi connectivity index (χ4v) is 8.09. The second-order valence-electron chi connectivity index (χ2n) is 13.7. The molecule has 2 fully saturated rings. The first kappa shape index (κ1) is 40.6. The van der Waals surface area contributed by atoms with Gasteiger partial charge in [0.05, 0.1) is 22.5 Å². The number of carbonyl (C=O) groups is 2. The van der Waals surface area contributed by atoms with Crippen LogP contribution in [-0.2, 0) is 33.0 Å². The summed E-state index contributed by atoms with van der Waals surface area (Å²) in [5.74, 6) is 0.733. The summed E-state index contributed by atoms with van der Waals surface area (Å²) in [4.78, 5) is 32.1. The Kier molecular flexibility index (Phi) is 14.9. The van der Waals surface area contributed by atoms with Crippen LogP contribution in [0.4, 0.5) is 4.79 Å². The van der Waals surface area contributed by atoms with Crippen molar-refractivity contribution in [3.63, 3.8) is 0 Å². The maximum atomic E-state index is 12.5. The van der Waals surface area contributed by atoms with Crippen molar-refractivity contribution in [2.45, 2.75) is 55.4 Å². The molecule has 55 heavy (non-hydrogen) atoms. The van der Waals surface area contributed by atoms with Gasteiger partial charge in [0.25, 0.3) is 9.84 Å². The van der Waals surface area contributed by atoms with Crippen molar-refractivity contribution in [3.8, 4) is 11.3 Å². The summed E-state index contributed by atoms with van der Waals surface area (Å²) in [6.07, 6.45) is 6.53. The van der Waals surface area contributed by atoms with Gasteiger partial charge in [-0.05, 0) is 63.4 Å². The van der Waals surface area contributed by atoms with Gasteiger partial charge in [-0.2, -0.15) is 0 Å². The molecular weight excluding hydrogens is 711 g/mol.